The van der Waals surface area contributed by atoms with Crippen LogP contribution in [0, 0.1) is 5.82 Å². The SMILES string of the molecule is CCS(=O)(=O)N(C)C1=C(OC(C)=O)C(=O)C(C)(c2cc(Cl)ccc2F)O1. The van der Waals surface area contributed by atoms with Crippen LogP contribution in [-0.4, -0.2) is 37.3 Å². The van der Waals surface area contributed by atoms with Crippen LogP contribution in [0.5, 0.6) is 0 Å². The van der Waals surface area contributed by atoms with Crippen LogP contribution in [0.15, 0.2) is 29.8 Å². The Hall–Kier alpha value is -2.13. The number of halogens is 2. The minimum absolute atomic E-state index is 0.149. The molecule has 0 N–H and O–H groups in total. The normalized spacial score (nSPS) is 20.2. The van der Waals surface area contributed by atoms with Crippen molar-refractivity contribution in [2.24, 2.45) is 0 Å². The predicted octanol–water partition coefficient (Wildman–Crippen LogP) is 2.31. The molecule has 1 aliphatic rings. The molecule has 0 radical (unpaired) electrons. The third kappa shape index (κ3) is 3.41. The Labute approximate surface area is 155 Å². The van der Waals surface area contributed by atoms with Crippen LogP contribution in [0.1, 0.15) is 26.3 Å². The second-order valence-corrected chi connectivity index (χ2v) is 8.41. The number of carbonyl (C=O) groups excluding carboxylic acids is 2. The van der Waals surface area contributed by atoms with Crippen LogP contribution >= 0.6 is 11.6 Å². The highest BCUT2D eigenvalue weighted by Gasteiger charge is 2.52. The first kappa shape index (κ1) is 20.2. The summed E-state index contributed by atoms with van der Waals surface area (Å²) in [6, 6.07) is 3.53. The van der Waals surface area contributed by atoms with Crippen molar-refractivity contribution in [3.8, 4) is 0 Å². The fraction of sp³-hybridized carbons (Fsp3) is 0.375. The molecule has 26 heavy (non-hydrogen) atoms. The number of Topliss-reactive ketones (excluding diaryl/α,β-unsaturated/α-hetero) is 1. The summed E-state index contributed by atoms with van der Waals surface area (Å²) in [4.78, 5) is 24.2. The average molecular weight is 406 g/mol. The van der Waals surface area contributed by atoms with Gasteiger partial charge in [-0.3, -0.25) is 9.59 Å². The summed E-state index contributed by atoms with van der Waals surface area (Å²) < 4.78 is 49.8. The lowest BCUT2D eigenvalue weighted by atomic mass is 9.91. The number of ketones is 1. The zero-order valence-electron chi connectivity index (χ0n) is 14.5. The van der Waals surface area contributed by atoms with Crippen LogP contribution in [-0.2, 0) is 34.7 Å². The standard InChI is InChI=1S/C16H17ClFNO6S/c1-5-26(22,23)19(4)15-13(24-9(2)20)14(21)16(3,25-15)11-8-10(17)6-7-12(11)18/h6-8H,5H2,1-4H3. The van der Waals surface area contributed by atoms with Crippen molar-refractivity contribution in [1.82, 2.24) is 4.31 Å². The van der Waals surface area contributed by atoms with Gasteiger partial charge in [0.05, 0.1) is 5.75 Å². The second kappa shape index (κ2) is 6.88. The van der Waals surface area contributed by atoms with Crippen molar-refractivity contribution in [1.29, 1.82) is 0 Å². The molecule has 0 aromatic heterocycles. The minimum atomic E-state index is -3.84. The average Bonchev–Trinajstić information content (AvgIpc) is 2.81. The maximum atomic E-state index is 14.3. The number of sulfonamides is 1. The summed E-state index contributed by atoms with van der Waals surface area (Å²) in [6.45, 7) is 3.68. The van der Waals surface area contributed by atoms with Crippen molar-refractivity contribution in [3.05, 3.63) is 46.2 Å². The molecule has 10 heteroatoms. The van der Waals surface area contributed by atoms with E-state index < -0.39 is 44.8 Å². The Morgan fingerprint density at radius 1 is 1.42 bits per heavy atom. The Morgan fingerprint density at radius 3 is 2.58 bits per heavy atom. The van der Waals surface area contributed by atoms with Crippen molar-refractivity contribution < 1.29 is 31.9 Å². The van der Waals surface area contributed by atoms with Gasteiger partial charge in [0.25, 0.3) is 11.7 Å². The third-order valence-electron chi connectivity index (χ3n) is 3.89. The van der Waals surface area contributed by atoms with Crippen molar-refractivity contribution in [2.75, 3.05) is 12.8 Å². The molecule has 1 atom stereocenters. The first-order valence-corrected chi connectivity index (χ1v) is 9.51. The van der Waals surface area contributed by atoms with E-state index in [0.29, 0.717) is 4.31 Å². The quantitative estimate of drug-likeness (QED) is 0.698. The van der Waals surface area contributed by atoms with Crippen LogP contribution in [0.3, 0.4) is 0 Å². The van der Waals surface area contributed by atoms with E-state index in [-0.39, 0.29) is 16.3 Å². The maximum absolute atomic E-state index is 14.3. The summed E-state index contributed by atoms with van der Waals surface area (Å²) in [5.74, 6) is -3.93. The largest absolute Gasteiger partial charge is 0.456 e. The first-order valence-electron chi connectivity index (χ1n) is 7.52. The molecule has 0 saturated heterocycles. The van der Waals surface area contributed by atoms with E-state index in [1.165, 1.54) is 26.0 Å². The van der Waals surface area contributed by atoms with Gasteiger partial charge < -0.3 is 9.47 Å². The highest BCUT2D eigenvalue weighted by atomic mass is 35.5. The summed E-state index contributed by atoms with van der Waals surface area (Å²) in [7, 11) is -2.69. The molecule has 7 nitrogen and oxygen atoms in total. The zero-order chi connectivity index (χ0) is 19.9. The Morgan fingerprint density at radius 2 is 2.04 bits per heavy atom. The summed E-state index contributed by atoms with van der Waals surface area (Å²) >= 11 is 5.88. The molecule has 0 amide bonds. The van der Waals surface area contributed by atoms with E-state index in [1.54, 1.807) is 0 Å². The molecule has 0 aliphatic carbocycles. The predicted molar refractivity (Wildman–Crippen MR) is 90.9 cm³/mol. The minimum Gasteiger partial charge on any atom is -0.456 e. The molecule has 1 unspecified atom stereocenters. The molecular weight excluding hydrogens is 389 g/mol. The Kier molecular flexibility index (Phi) is 5.34. The summed E-state index contributed by atoms with van der Waals surface area (Å²) in [5, 5.41) is 0.149. The lowest BCUT2D eigenvalue weighted by molar-refractivity contribution is -0.142. The van der Waals surface area contributed by atoms with E-state index in [0.717, 1.165) is 20.0 Å². The molecule has 1 aromatic rings. The zero-order valence-corrected chi connectivity index (χ0v) is 16.1. The number of benzene rings is 1. The van der Waals surface area contributed by atoms with Gasteiger partial charge in [-0.15, -0.1) is 0 Å². The lowest BCUT2D eigenvalue weighted by Gasteiger charge is -2.26. The van der Waals surface area contributed by atoms with Gasteiger partial charge in [-0.05, 0) is 32.0 Å². The maximum Gasteiger partial charge on any atom is 0.308 e. The smallest absolute Gasteiger partial charge is 0.308 e. The number of nitrogens with zero attached hydrogens (tertiary/aromatic N) is 1. The van der Waals surface area contributed by atoms with E-state index in [4.69, 9.17) is 21.1 Å². The molecule has 1 heterocycles. The van der Waals surface area contributed by atoms with Crippen LogP contribution < -0.4 is 0 Å². The highest BCUT2D eigenvalue weighted by Crippen LogP contribution is 2.42. The Bertz CT molecular complexity index is 913. The van der Waals surface area contributed by atoms with E-state index >= 15 is 0 Å². The van der Waals surface area contributed by atoms with Gasteiger partial charge in [0.1, 0.15) is 5.82 Å². The van der Waals surface area contributed by atoms with Gasteiger partial charge in [0.2, 0.25) is 21.4 Å². The summed E-state index contributed by atoms with van der Waals surface area (Å²) in [6.07, 6.45) is 0. The van der Waals surface area contributed by atoms with Gasteiger partial charge in [0, 0.05) is 24.6 Å². The monoisotopic (exact) mass is 405 g/mol. The number of rotatable bonds is 5. The molecule has 2 rings (SSSR count). The number of esters is 1. The number of carbonyl (C=O) groups is 2. The van der Waals surface area contributed by atoms with Crippen LogP contribution in [0.25, 0.3) is 0 Å². The third-order valence-corrected chi connectivity index (χ3v) is 5.86. The van der Waals surface area contributed by atoms with E-state index in [9.17, 15) is 22.4 Å². The molecule has 0 saturated carbocycles. The highest BCUT2D eigenvalue weighted by molar-refractivity contribution is 7.89. The van der Waals surface area contributed by atoms with E-state index in [2.05, 4.69) is 0 Å². The van der Waals surface area contributed by atoms with Gasteiger partial charge >= 0.3 is 5.97 Å². The van der Waals surface area contributed by atoms with Crippen LogP contribution in [0.2, 0.25) is 5.02 Å². The fourth-order valence-electron chi connectivity index (χ4n) is 2.40. The molecule has 0 fully saturated rings. The van der Waals surface area contributed by atoms with Crippen molar-refractivity contribution >= 4 is 33.4 Å². The molecule has 1 aromatic carbocycles. The van der Waals surface area contributed by atoms with E-state index in [1.807, 2.05) is 0 Å². The Balaban J connectivity index is 2.62. The first-order chi connectivity index (χ1) is 11.9. The second-order valence-electron chi connectivity index (χ2n) is 5.68. The molecule has 142 valence electrons. The number of hydrogen-bond donors (Lipinski definition) is 0. The van der Waals surface area contributed by atoms with Gasteiger partial charge in [0.15, 0.2) is 0 Å². The fourth-order valence-corrected chi connectivity index (χ4v) is 3.33. The van der Waals surface area contributed by atoms with Gasteiger partial charge in [-0.1, -0.05) is 11.6 Å². The number of hydrogen-bond acceptors (Lipinski definition) is 6. The molecule has 0 spiro atoms. The molecular formula is C16H17ClFNO6S. The summed E-state index contributed by atoms with van der Waals surface area (Å²) in [5.41, 5.74) is -2.16. The van der Waals surface area contributed by atoms with Gasteiger partial charge in [-0.2, -0.15) is 0 Å². The topological polar surface area (TPSA) is 90.0 Å². The van der Waals surface area contributed by atoms with Gasteiger partial charge in [-0.25, -0.2) is 17.1 Å². The van der Waals surface area contributed by atoms with Crippen molar-refractivity contribution in [2.45, 2.75) is 26.4 Å². The number of ether oxygens (including phenoxy) is 2. The molecule has 1 aliphatic heterocycles. The molecule has 0 bridgehead atoms. The van der Waals surface area contributed by atoms with Crippen molar-refractivity contribution in [3.63, 3.8) is 0 Å². The lowest BCUT2D eigenvalue weighted by Crippen LogP contribution is -2.34. The van der Waals surface area contributed by atoms with Crippen LogP contribution in [0.4, 0.5) is 4.39 Å².